The zero-order valence-corrected chi connectivity index (χ0v) is 13.4. The van der Waals surface area contributed by atoms with E-state index in [9.17, 15) is 0 Å². The number of rotatable bonds is 4. The Morgan fingerprint density at radius 2 is 2.11 bits per heavy atom. The minimum Gasteiger partial charge on any atom is -0.308 e. The van der Waals surface area contributed by atoms with Crippen LogP contribution in [0.3, 0.4) is 0 Å². The second-order valence-corrected chi connectivity index (χ2v) is 7.59. The van der Waals surface area contributed by atoms with Crippen molar-refractivity contribution < 1.29 is 0 Å². The summed E-state index contributed by atoms with van der Waals surface area (Å²) in [5, 5.41) is 6.51. The summed E-state index contributed by atoms with van der Waals surface area (Å²) in [6, 6.07) is 4.18. The van der Waals surface area contributed by atoms with Crippen LogP contribution in [0.1, 0.15) is 32.0 Å². The van der Waals surface area contributed by atoms with Gasteiger partial charge in [-0.3, -0.25) is 0 Å². The van der Waals surface area contributed by atoms with Gasteiger partial charge in [-0.2, -0.15) is 0 Å². The molecule has 0 saturated heterocycles. The predicted molar refractivity (Wildman–Crippen MR) is 81.8 cm³/mol. The molecule has 19 heavy (non-hydrogen) atoms. The van der Waals surface area contributed by atoms with Gasteiger partial charge in [0, 0.05) is 29.4 Å². The van der Waals surface area contributed by atoms with E-state index in [1.54, 1.807) is 23.1 Å². The van der Waals surface area contributed by atoms with E-state index >= 15 is 0 Å². The Morgan fingerprint density at radius 3 is 2.63 bits per heavy atom. The quantitative estimate of drug-likeness (QED) is 0.928. The normalized spacial score (nSPS) is 11.8. The lowest BCUT2D eigenvalue weighted by molar-refractivity contribution is 0.424. The fourth-order valence-corrected chi connectivity index (χ4v) is 3.14. The van der Waals surface area contributed by atoms with Crippen LogP contribution < -0.4 is 5.32 Å². The average molecular weight is 293 g/mol. The number of thiazole rings is 1. The number of nitrogens with zero attached hydrogens (tertiary/aromatic N) is 2. The van der Waals surface area contributed by atoms with E-state index in [1.165, 1.54) is 5.56 Å². The van der Waals surface area contributed by atoms with Gasteiger partial charge >= 0.3 is 0 Å². The fraction of sp³-hybridized carbons (Fsp3) is 0.429. The highest BCUT2D eigenvalue weighted by Crippen LogP contribution is 2.28. The van der Waals surface area contributed by atoms with E-state index in [4.69, 9.17) is 0 Å². The maximum absolute atomic E-state index is 4.47. The molecule has 0 unspecified atom stereocenters. The molecule has 0 amide bonds. The van der Waals surface area contributed by atoms with Crippen LogP contribution in [0.2, 0.25) is 0 Å². The van der Waals surface area contributed by atoms with Crippen molar-refractivity contribution in [3.63, 3.8) is 0 Å². The third-order valence-electron chi connectivity index (χ3n) is 2.41. The molecule has 0 fully saturated rings. The van der Waals surface area contributed by atoms with Gasteiger partial charge < -0.3 is 5.32 Å². The van der Waals surface area contributed by atoms with Gasteiger partial charge in [0.25, 0.3) is 0 Å². The van der Waals surface area contributed by atoms with E-state index in [-0.39, 0.29) is 5.54 Å². The van der Waals surface area contributed by atoms with Gasteiger partial charge in [0.15, 0.2) is 4.34 Å². The Balaban J connectivity index is 1.95. The zero-order chi connectivity index (χ0) is 13.9. The van der Waals surface area contributed by atoms with Gasteiger partial charge in [0.2, 0.25) is 0 Å². The highest BCUT2D eigenvalue weighted by molar-refractivity contribution is 8.01. The molecule has 0 aliphatic rings. The molecule has 2 aromatic heterocycles. The van der Waals surface area contributed by atoms with Crippen molar-refractivity contribution in [1.82, 2.24) is 15.3 Å². The van der Waals surface area contributed by atoms with Gasteiger partial charge in [0.05, 0.1) is 0 Å². The lowest BCUT2D eigenvalue weighted by atomic mass is 10.1. The first-order valence-corrected chi connectivity index (χ1v) is 7.92. The van der Waals surface area contributed by atoms with Crippen molar-refractivity contribution in [2.45, 2.75) is 49.1 Å². The van der Waals surface area contributed by atoms with Crippen LogP contribution in [0.5, 0.6) is 0 Å². The topological polar surface area (TPSA) is 37.8 Å². The first-order chi connectivity index (χ1) is 8.92. The van der Waals surface area contributed by atoms with Crippen LogP contribution in [0, 0.1) is 6.92 Å². The van der Waals surface area contributed by atoms with Crippen molar-refractivity contribution in [1.29, 1.82) is 0 Å². The molecule has 0 aliphatic heterocycles. The van der Waals surface area contributed by atoms with Crippen molar-refractivity contribution in [2.24, 2.45) is 0 Å². The van der Waals surface area contributed by atoms with Crippen LogP contribution >= 0.6 is 23.1 Å². The molecule has 3 nitrogen and oxygen atoms in total. The second kappa shape index (κ2) is 6.03. The van der Waals surface area contributed by atoms with E-state index in [0.717, 1.165) is 21.6 Å². The molecule has 1 N–H and O–H groups in total. The van der Waals surface area contributed by atoms with Gasteiger partial charge in [0.1, 0.15) is 5.03 Å². The number of hydrogen-bond acceptors (Lipinski definition) is 5. The molecule has 5 heteroatoms. The molecule has 0 radical (unpaired) electrons. The Bertz CT molecular complexity index is 526. The minimum atomic E-state index is 0.131. The maximum Gasteiger partial charge on any atom is 0.156 e. The molecule has 2 aromatic rings. The van der Waals surface area contributed by atoms with Gasteiger partial charge in [-0.1, -0.05) is 6.07 Å². The number of aryl methyl sites for hydroxylation is 1. The predicted octanol–water partition coefficient (Wildman–Crippen LogP) is 3.89. The minimum absolute atomic E-state index is 0.131. The molecule has 2 rings (SSSR count). The summed E-state index contributed by atoms with van der Waals surface area (Å²) in [6.07, 6.45) is 1.93. The Hall–Kier alpha value is -0.910. The SMILES string of the molecule is Cc1csc(Sc2ccc(CNC(C)(C)C)cn2)n1. The van der Waals surface area contributed by atoms with Crippen molar-refractivity contribution in [2.75, 3.05) is 0 Å². The molecule has 0 atom stereocenters. The van der Waals surface area contributed by atoms with Crippen LogP contribution in [-0.2, 0) is 6.54 Å². The molecule has 0 spiro atoms. The van der Waals surface area contributed by atoms with Crippen LogP contribution in [-0.4, -0.2) is 15.5 Å². The Labute approximate surface area is 122 Å². The van der Waals surface area contributed by atoms with E-state index in [2.05, 4.69) is 53.6 Å². The molecule has 2 heterocycles. The van der Waals surface area contributed by atoms with Crippen LogP contribution in [0.4, 0.5) is 0 Å². The van der Waals surface area contributed by atoms with E-state index in [0.29, 0.717) is 0 Å². The third-order valence-corrected chi connectivity index (χ3v) is 4.42. The van der Waals surface area contributed by atoms with Gasteiger partial charge in [-0.15, -0.1) is 11.3 Å². The van der Waals surface area contributed by atoms with Gasteiger partial charge in [-0.05, 0) is 51.1 Å². The first-order valence-electron chi connectivity index (χ1n) is 6.22. The van der Waals surface area contributed by atoms with E-state index < -0.39 is 0 Å². The number of aromatic nitrogens is 2. The summed E-state index contributed by atoms with van der Waals surface area (Å²) in [7, 11) is 0. The smallest absolute Gasteiger partial charge is 0.156 e. The van der Waals surface area contributed by atoms with Crippen LogP contribution in [0.15, 0.2) is 33.1 Å². The molecule has 0 saturated carbocycles. The zero-order valence-electron chi connectivity index (χ0n) is 11.7. The summed E-state index contributed by atoms with van der Waals surface area (Å²) >= 11 is 3.28. The molecule has 0 bridgehead atoms. The van der Waals surface area contributed by atoms with Gasteiger partial charge in [-0.25, -0.2) is 9.97 Å². The average Bonchev–Trinajstić information content (AvgIpc) is 2.73. The lowest BCUT2D eigenvalue weighted by Crippen LogP contribution is -2.35. The highest BCUT2D eigenvalue weighted by Gasteiger charge is 2.08. The molecule has 0 aliphatic carbocycles. The van der Waals surface area contributed by atoms with Crippen molar-refractivity contribution in [3.8, 4) is 0 Å². The monoisotopic (exact) mass is 293 g/mol. The Kier molecular flexibility index (Phi) is 4.60. The number of pyridine rings is 1. The largest absolute Gasteiger partial charge is 0.308 e. The molecular weight excluding hydrogens is 274 g/mol. The highest BCUT2D eigenvalue weighted by atomic mass is 32.2. The summed E-state index contributed by atoms with van der Waals surface area (Å²) in [5.74, 6) is 0. The fourth-order valence-electron chi connectivity index (χ4n) is 1.41. The summed E-state index contributed by atoms with van der Waals surface area (Å²) in [4.78, 5) is 8.90. The standard InChI is InChI=1S/C14H19N3S2/c1-10-9-18-13(17-10)19-12-6-5-11(7-15-12)8-16-14(2,3)4/h5-7,9,16H,8H2,1-4H3. The second-order valence-electron chi connectivity index (χ2n) is 5.47. The third kappa shape index (κ3) is 4.93. The Morgan fingerprint density at radius 1 is 1.32 bits per heavy atom. The van der Waals surface area contributed by atoms with Crippen molar-refractivity contribution >= 4 is 23.1 Å². The maximum atomic E-state index is 4.47. The summed E-state index contributed by atoms with van der Waals surface area (Å²) < 4.78 is 1.05. The van der Waals surface area contributed by atoms with Crippen molar-refractivity contribution in [3.05, 3.63) is 35.0 Å². The lowest BCUT2D eigenvalue weighted by Gasteiger charge is -2.20. The molecular formula is C14H19N3S2. The van der Waals surface area contributed by atoms with Crippen LogP contribution in [0.25, 0.3) is 0 Å². The summed E-state index contributed by atoms with van der Waals surface area (Å²) in [5.41, 5.74) is 2.40. The number of hydrogen-bond donors (Lipinski definition) is 1. The number of nitrogens with one attached hydrogen (secondary N) is 1. The first kappa shape index (κ1) is 14.5. The molecule has 0 aromatic carbocycles. The summed E-state index contributed by atoms with van der Waals surface area (Å²) in [6.45, 7) is 9.34. The van der Waals surface area contributed by atoms with E-state index in [1.807, 2.05) is 13.1 Å². The molecule has 102 valence electrons.